The van der Waals surface area contributed by atoms with Gasteiger partial charge in [0.05, 0.1) is 7.11 Å². The van der Waals surface area contributed by atoms with E-state index in [0.29, 0.717) is 23.6 Å². The number of fused-ring (bicyclic) bond motifs is 1. The molecule has 1 heterocycles. The van der Waals surface area contributed by atoms with Gasteiger partial charge in [0.1, 0.15) is 6.04 Å². The van der Waals surface area contributed by atoms with E-state index in [4.69, 9.17) is 14.2 Å². The predicted molar refractivity (Wildman–Crippen MR) is 118 cm³/mol. The molecule has 3 aromatic carbocycles. The van der Waals surface area contributed by atoms with Crippen molar-refractivity contribution in [2.45, 2.75) is 25.6 Å². The van der Waals surface area contributed by atoms with Crippen LogP contribution in [0, 0.1) is 5.82 Å². The highest BCUT2D eigenvalue weighted by Crippen LogP contribution is 2.32. The maximum absolute atomic E-state index is 14.2. The van der Waals surface area contributed by atoms with Gasteiger partial charge in [-0.05, 0) is 47.9 Å². The molecular formula is C25H25FN2O4. The van der Waals surface area contributed by atoms with Crippen molar-refractivity contribution >= 4 is 5.91 Å². The summed E-state index contributed by atoms with van der Waals surface area (Å²) in [5, 5.41) is 6.31. The molecule has 0 saturated carbocycles. The molecule has 4 rings (SSSR count). The molecule has 0 fully saturated rings. The molecule has 3 aromatic rings. The number of rotatable bonds is 8. The Morgan fingerprint density at radius 3 is 2.56 bits per heavy atom. The summed E-state index contributed by atoms with van der Waals surface area (Å²) in [6.07, 6.45) is 0. The van der Waals surface area contributed by atoms with Crippen molar-refractivity contribution in [3.63, 3.8) is 0 Å². The fourth-order valence-electron chi connectivity index (χ4n) is 3.61. The van der Waals surface area contributed by atoms with E-state index in [9.17, 15) is 9.18 Å². The summed E-state index contributed by atoms with van der Waals surface area (Å²) in [6.45, 7) is 2.43. The number of ether oxygens (including phenoxy) is 3. The van der Waals surface area contributed by atoms with E-state index in [1.165, 1.54) is 13.2 Å². The molecule has 1 aliphatic heterocycles. The summed E-state index contributed by atoms with van der Waals surface area (Å²) in [7, 11) is 1.43. The number of methoxy groups -OCH3 is 1. The maximum Gasteiger partial charge on any atom is 0.242 e. The third kappa shape index (κ3) is 4.84. The second-order valence-electron chi connectivity index (χ2n) is 7.53. The number of amides is 1. The maximum atomic E-state index is 14.2. The smallest absolute Gasteiger partial charge is 0.242 e. The molecule has 2 atom stereocenters. The van der Waals surface area contributed by atoms with Gasteiger partial charge in [-0.3, -0.25) is 10.1 Å². The number of carbonyl (C=O) groups is 1. The highest BCUT2D eigenvalue weighted by molar-refractivity contribution is 5.83. The Morgan fingerprint density at radius 1 is 1.03 bits per heavy atom. The second kappa shape index (κ2) is 9.70. The van der Waals surface area contributed by atoms with Crippen LogP contribution < -0.4 is 24.8 Å². The van der Waals surface area contributed by atoms with Gasteiger partial charge < -0.3 is 19.5 Å². The summed E-state index contributed by atoms with van der Waals surface area (Å²) in [6, 6.07) is 18.9. The van der Waals surface area contributed by atoms with Crippen LogP contribution in [-0.4, -0.2) is 19.8 Å². The number of nitrogens with one attached hydrogen (secondary N) is 2. The fraction of sp³-hybridized carbons (Fsp3) is 0.240. The van der Waals surface area contributed by atoms with Gasteiger partial charge in [0.25, 0.3) is 0 Å². The van der Waals surface area contributed by atoms with Crippen LogP contribution in [0.3, 0.4) is 0 Å². The van der Waals surface area contributed by atoms with E-state index in [1.54, 1.807) is 12.1 Å². The standard InChI is InChI=1S/C25H25FN2O4/c1-16(19-9-11-21(30-2)20(26)13-19)28-24(18-6-4-3-5-7-18)25(29)27-14-17-8-10-22-23(12-17)32-15-31-22/h3-13,16,24,28H,14-15H2,1-2H3,(H,27,29). The van der Waals surface area contributed by atoms with E-state index in [0.717, 1.165) is 11.1 Å². The van der Waals surface area contributed by atoms with Gasteiger partial charge >= 0.3 is 0 Å². The number of hydrogen-bond donors (Lipinski definition) is 2. The van der Waals surface area contributed by atoms with Crippen molar-refractivity contribution in [2.75, 3.05) is 13.9 Å². The first kappa shape index (κ1) is 21.6. The van der Waals surface area contributed by atoms with Crippen molar-refractivity contribution in [3.05, 3.63) is 89.2 Å². The van der Waals surface area contributed by atoms with E-state index >= 15 is 0 Å². The van der Waals surface area contributed by atoms with Crippen molar-refractivity contribution in [3.8, 4) is 17.2 Å². The number of halogens is 1. The zero-order chi connectivity index (χ0) is 22.5. The van der Waals surface area contributed by atoms with Crippen molar-refractivity contribution < 1.29 is 23.4 Å². The number of hydrogen-bond acceptors (Lipinski definition) is 5. The number of carbonyl (C=O) groups excluding carboxylic acids is 1. The third-order valence-electron chi connectivity index (χ3n) is 5.39. The van der Waals surface area contributed by atoms with E-state index in [1.807, 2.05) is 55.5 Å². The van der Waals surface area contributed by atoms with Crippen LogP contribution in [0.1, 0.15) is 35.7 Å². The summed E-state index contributed by atoms with van der Waals surface area (Å²) in [5.74, 6) is 0.924. The molecule has 1 amide bonds. The monoisotopic (exact) mass is 436 g/mol. The molecule has 0 saturated heterocycles. The van der Waals surface area contributed by atoms with Crippen LogP contribution in [0.4, 0.5) is 4.39 Å². The summed E-state index contributed by atoms with van der Waals surface area (Å²) < 4.78 is 29.9. The summed E-state index contributed by atoms with van der Waals surface area (Å²) >= 11 is 0. The van der Waals surface area contributed by atoms with Gasteiger partial charge in [-0.15, -0.1) is 0 Å². The molecule has 0 spiro atoms. The highest BCUT2D eigenvalue weighted by atomic mass is 19.1. The minimum Gasteiger partial charge on any atom is -0.494 e. The van der Waals surface area contributed by atoms with Crippen LogP contribution in [0.5, 0.6) is 17.2 Å². The minimum atomic E-state index is -0.620. The van der Waals surface area contributed by atoms with Gasteiger partial charge in [-0.25, -0.2) is 4.39 Å². The number of benzene rings is 3. The van der Waals surface area contributed by atoms with Crippen LogP contribution >= 0.6 is 0 Å². The fourth-order valence-corrected chi connectivity index (χ4v) is 3.61. The average Bonchev–Trinajstić information content (AvgIpc) is 3.29. The molecule has 0 radical (unpaired) electrons. The van der Waals surface area contributed by atoms with Gasteiger partial charge in [0, 0.05) is 12.6 Å². The van der Waals surface area contributed by atoms with Crippen molar-refractivity contribution in [1.82, 2.24) is 10.6 Å². The van der Waals surface area contributed by atoms with Crippen LogP contribution in [0.2, 0.25) is 0 Å². The van der Waals surface area contributed by atoms with Gasteiger partial charge in [-0.1, -0.05) is 42.5 Å². The molecular weight excluding hydrogens is 411 g/mol. The predicted octanol–water partition coefficient (Wildman–Crippen LogP) is 4.27. The Kier molecular flexibility index (Phi) is 6.56. The molecule has 2 unspecified atom stereocenters. The lowest BCUT2D eigenvalue weighted by atomic mass is 10.0. The van der Waals surface area contributed by atoms with Gasteiger partial charge in [-0.2, -0.15) is 0 Å². The van der Waals surface area contributed by atoms with Gasteiger partial charge in [0.2, 0.25) is 12.7 Å². The first-order chi connectivity index (χ1) is 15.5. The summed E-state index contributed by atoms with van der Waals surface area (Å²) in [4.78, 5) is 13.2. The molecule has 7 heteroatoms. The topological polar surface area (TPSA) is 68.8 Å². The van der Waals surface area contributed by atoms with Crippen LogP contribution in [0.25, 0.3) is 0 Å². The van der Waals surface area contributed by atoms with E-state index in [2.05, 4.69) is 10.6 Å². The Balaban J connectivity index is 1.49. The molecule has 6 nitrogen and oxygen atoms in total. The molecule has 0 aromatic heterocycles. The van der Waals surface area contributed by atoms with Crippen molar-refractivity contribution in [2.24, 2.45) is 0 Å². The molecule has 0 bridgehead atoms. The van der Waals surface area contributed by atoms with Gasteiger partial charge in [0.15, 0.2) is 23.1 Å². The lowest BCUT2D eigenvalue weighted by molar-refractivity contribution is -0.123. The van der Waals surface area contributed by atoms with Crippen molar-refractivity contribution in [1.29, 1.82) is 0 Å². The molecule has 32 heavy (non-hydrogen) atoms. The Hall–Kier alpha value is -3.58. The normalized spacial score (nSPS) is 14.0. The first-order valence-corrected chi connectivity index (χ1v) is 10.4. The summed E-state index contributed by atoms with van der Waals surface area (Å²) in [5.41, 5.74) is 2.43. The molecule has 1 aliphatic rings. The first-order valence-electron chi connectivity index (χ1n) is 10.4. The second-order valence-corrected chi connectivity index (χ2v) is 7.53. The highest BCUT2D eigenvalue weighted by Gasteiger charge is 2.23. The largest absolute Gasteiger partial charge is 0.494 e. The zero-order valence-corrected chi connectivity index (χ0v) is 17.9. The van der Waals surface area contributed by atoms with E-state index < -0.39 is 11.9 Å². The molecule has 0 aliphatic carbocycles. The Morgan fingerprint density at radius 2 is 1.81 bits per heavy atom. The lowest BCUT2D eigenvalue weighted by Gasteiger charge is -2.24. The quantitative estimate of drug-likeness (QED) is 0.552. The van der Waals surface area contributed by atoms with Crippen LogP contribution in [0.15, 0.2) is 66.7 Å². The Labute approximate surface area is 186 Å². The lowest BCUT2D eigenvalue weighted by Crippen LogP contribution is -2.38. The molecule has 166 valence electrons. The third-order valence-corrected chi connectivity index (χ3v) is 5.39. The van der Waals surface area contributed by atoms with Crippen LogP contribution in [-0.2, 0) is 11.3 Å². The average molecular weight is 436 g/mol. The molecule has 2 N–H and O–H groups in total. The zero-order valence-electron chi connectivity index (χ0n) is 17.9. The SMILES string of the molecule is COc1ccc(C(C)NC(C(=O)NCc2ccc3c(c2)OCO3)c2ccccc2)cc1F. The minimum absolute atomic E-state index is 0.182. The van der Waals surface area contributed by atoms with E-state index in [-0.39, 0.29) is 24.5 Å². The Bertz CT molecular complexity index is 1090.